The van der Waals surface area contributed by atoms with Gasteiger partial charge < -0.3 is 25.1 Å². The van der Waals surface area contributed by atoms with E-state index in [0.29, 0.717) is 57.7 Å². The molecule has 1 aromatic rings. The SMILES string of the molecule is CC(C)OC(=O)N1CCC(O)CC1.CSc1cnc(N2CCC(=N)CC2)c(F)c1.NI. The molecule has 0 radical (unpaired) electrons. The number of ether oxygens (including phenoxy) is 1. The van der Waals surface area contributed by atoms with Crippen LogP contribution in [0.25, 0.3) is 0 Å². The van der Waals surface area contributed by atoms with Gasteiger partial charge in [-0.15, -0.1) is 11.8 Å². The maximum Gasteiger partial charge on any atom is 0.410 e. The molecule has 11 heteroatoms. The van der Waals surface area contributed by atoms with Crippen molar-refractivity contribution < 1.29 is 19.0 Å². The average Bonchev–Trinajstić information content (AvgIpc) is 2.76. The molecule has 0 saturated carbocycles. The number of halogens is 2. The Labute approximate surface area is 202 Å². The standard InChI is InChI=1S/C11H14FN3S.C9H17NO3.H2IN/c1-16-9-6-10(12)11(14-7-9)15-4-2-8(13)3-5-15;1-7(2)13-9(12)10-5-3-8(11)4-6-10;1-2/h6-7,13H,2-5H2,1H3;7-8,11H,3-6H2,1-2H3;2H2. The summed E-state index contributed by atoms with van der Waals surface area (Å²) in [7, 11) is 0. The Morgan fingerprint density at radius 3 is 2.39 bits per heavy atom. The molecule has 176 valence electrons. The zero-order chi connectivity index (χ0) is 23.4. The van der Waals surface area contributed by atoms with E-state index in [4.69, 9.17) is 10.1 Å². The van der Waals surface area contributed by atoms with E-state index in [9.17, 15) is 14.3 Å². The predicted octanol–water partition coefficient (Wildman–Crippen LogP) is 3.85. The molecule has 0 aromatic carbocycles. The molecule has 2 fully saturated rings. The van der Waals surface area contributed by atoms with Gasteiger partial charge >= 0.3 is 6.09 Å². The second kappa shape index (κ2) is 14.8. The van der Waals surface area contributed by atoms with E-state index in [-0.39, 0.29) is 24.1 Å². The Hall–Kier alpha value is -1.18. The van der Waals surface area contributed by atoms with Gasteiger partial charge in [-0.3, -0.25) is 3.95 Å². The minimum absolute atomic E-state index is 0.0700. The number of rotatable bonds is 3. The number of anilines is 1. The van der Waals surface area contributed by atoms with Gasteiger partial charge in [0.05, 0.1) is 12.2 Å². The summed E-state index contributed by atoms with van der Waals surface area (Å²) in [5.41, 5.74) is 0.748. The third-order valence-corrected chi connectivity index (χ3v) is 5.45. The molecule has 2 saturated heterocycles. The number of thioether (sulfide) groups is 1. The average molecular weight is 569 g/mol. The summed E-state index contributed by atoms with van der Waals surface area (Å²) in [5.74, 6) is 0.158. The van der Waals surface area contributed by atoms with Gasteiger partial charge in [-0.25, -0.2) is 14.2 Å². The molecule has 2 aliphatic rings. The van der Waals surface area contributed by atoms with Crippen molar-refractivity contribution in [2.24, 2.45) is 3.95 Å². The minimum atomic E-state index is -0.264. The van der Waals surface area contributed by atoms with Gasteiger partial charge in [0.25, 0.3) is 0 Å². The van der Waals surface area contributed by atoms with Crippen LogP contribution in [0.15, 0.2) is 17.2 Å². The summed E-state index contributed by atoms with van der Waals surface area (Å²) in [6, 6.07) is 1.52. The zero-order valence-electron chi connectivity index (χ0n) is 18.3. The fourth-order valence-corrected chi connectivity index (χ4v) is 3.45. The monoisotopic (exact) mass is 569 g/mol. The lowest BCUT2D eigenvalue weighted by Crippen LogP contribution is -2.41. The van der Waals surface area contributed by atoms with Crippen LogP contribution in [0, 0.1) is 11.2 Å². The topological polar surface area (TPSA) is 116 Å². The molecule has 1 aromatic heterocycles. The molecule has 3 rings (SSSR count). The zero-order valence-corrected chi connectivity index (χ0v) is 21.3. The van der Waals surface area contributed by atoms with E-state index in [1.165, 1.54) is 17.8 Å². The van der Waals surface area contributed by atoms with Crippen molar-refractivity contribution in [3.63, 3.8) is 0 Å². The van der Waals surface area contributed by atoms with Crippen LogP contribution < -0.4 is 8.85 Å². The summed E-state index contributed by atoms with van der Waals surface area (Å²) in [6.45, 7) is 6.26. The number of piperidine rings is 2. The summed E-state index contributed by atoms with van der Waals surface area (Å²) in [4.78, 5) is 19.9. The molecule has 3 heterocycles. The second-order valence-electron chi connectivity index (χ2n) is 7.42. The van der Waals surface area contributed by atoms with E-state index in [2.05, 4.69) is 8.93 Å². The number of carbonyl (C=O) groups is 1. The van der Waals surface area contributed by atoms with Gasteiger partial charge in [0.2, 0.25) is 0 Å². The Balaban J connectivity index is 0.000000293. The van der Waals surface area contributed by atoms with Crippen molar-refractivity contribution in [2.45, 2.75) is 56.6 Å². The largest absolute Gasteiger partial charge is 0.447 e. The normalized spacial score (nSPS) is 16.8. The fourth-order valence-electron chi connectivity index (χ4n) is 3.07. The van der Waals surface area contributed by atoms with Crippen LogP contribution in [0.2, 0.25) is 0 Å². The quantitative estimate of drug-likeness (QED) is 0.288. The van der Waals surface area contributed by atoms with E-state index >= 15 is 0 Å². The summed E-state index contributed by atoms with van der Waals surface area (Å²) < 4.78 is 23.2. The number of hydrogen-bond donors (Lipinski definition) is 3. The van der Waals surface area contributed by atoms with Crippen LogP contribution in [0.5, 0.6) is 0 Å². The van der Waals surface area contributed by atoms with Crippen molar-refractivity contribution in [2.75, 3.05) is 37.3 Å². The van der Waals surface area contributed by atoms with Crippen LogP contribution >= 0.6 is 34.6 Å². The lowest BCUT2D eigenvalue weighted by Gasteiger charge is -2.29. The highest BCUT2D eigenvalue weighted by molar-refractivity contribution is 14.1. The fraction of sp³-hybridized carbons (Fsp3) is 0.650. The lowest BCUT2D eigenvalue weighted by molar-refractivity contribution is 0.0457. The van der Waals surface area contributed by atoms with E-state index < -0.39 is 0 Å². The highest BCUT2D eigenvalue weighted by Gasteiger charge is 2.22. The van der Waals surface area contributed by atoms with Gasteiger partial charge in [-0.2, -0.15) is 0 Å². The number of carbonyl (C=O) groups excluding carboxylic acids is 1. The molecule has 1 amide bonds. The van der Waals surface area contributed by atoms with E-state index in [0.717, 1.165) is 10.6 Å². The smallest absolute Gasteiger partial charge is 0.410 e. The number of pyridine rings is 1. The van der Waals surface area contributed by atoms with Gasteiger partial charge in [0, 0.05) is 78.7 Å². The molecule has 0 atom stereocenters. The minimum Gasteiger partial charge on any atom is -0.447 e. The van der Waals surface area contributed by atoms with Crippen LogP contribution in [0.1, 0.15) is 39.5 Å². The molecule has 31 heavy (non-hydrogen) atoms. The summed E-state index contributed by atoms with van der Waals surface area (Å²) in [5, 5.41) is 16.7. The summed E-state index contributed by atoms with van der Waals surface area (Å²) in [6.07, 6.45) is 5.77. The number of nitrogens with one attached hydrogen (secondary N) is 1. The number of aromatic nitrogens is 1. The van der Waals surface area contributed by atoms with Gasteiger partial charge in [0.15, 0.2) is 11.6 Å². The molecular weight excluding hydrogens is 536 g/mol. The predicted molar refractivity (Wildman–Crippen MR) is 132 cm³/mol. The first-order chi connectivity index (χ1) is 14.8. The number of amides is 1. The van der Waals surface area contributed by atoms with E-state index in [1.807, 2.05) is 25.0 Å². The molecule has 2 aliphatic heterocycles. The third kappa shape index (κ3) is 9.87. The highest BCUT2D eigenvalue weighted by Crippen LogP contribution is 2.23. The van der Waals surface area contributed by atoms with Gasteiger partial charge in [-0.1, -0.05) is 0 Å². The highest BCUT2D eigenvalue weighted by atomic mass is 127. The van der Waals surface area contributed by atoms with Gasteiger partial charge in [0.1, 0.15) is 0 Å². The van der Waals surface area contributed by atoms with Crippen molar-refractivity contribution in [3.05, 3.63) is 18.1 Å². The lowest BCUT2D eigenvalue weighted by atomic mass is 10.1. The van der Waals surface area contributed by atoms with Crippen LogP contribution in [0.3, 0.4) is 0 Å². The van der Waals surface area contributed by atoms with Gasteiger partial charge in [-0.05, 0) is 39.0 Å². The van der Waals surface area contributed by atoms with Crippen molar-refractivity contribution in [1.82, 2.24) is 9.88 Å². The maximum absolute atomic E-state index is 13.7. The first-order valence-electron chi connectivity index (χ1n) is 10.2. The Kier molecular flexibility index (Phi) is 13.3. The number of likely N-dealkylation sites (tertiary alicyclic amines) is 1. The molecule has 8 nitrogen and oxygen atoms in total. The molecule has 4 N–H and O–H groups in total. The molecule has 0 unspecified atom stereocenters. The molecule has 0 bridgehead atoms. The van der Waals surface area contributed by atoms with Crippen LogP contribution in [-0.4, -0.2) is 71.4 Å². The number of aliphatic hydroxyl groups is 1. The Bertz CT molecular complexity index is 695. The molecule has 0 aliphatic carbocycles. The number of nitrogens with zero attached hydrogens (tertiary/aromatic N) is 3. The first kappa shape index (κ1) is 27.9. The second-order valence-corrected chi connectivity index (χ2v) is 8.30. The third-order valence-electron chi connectivity index (χ3n) is 4.76. The number of aliphatic hydroxyl groups excluding tert-OH is 1. The molecular formula is C20H33FIN5O3S. The summed E-state index contributed by atoms with van der Waals surface area (Å²) >= 11 is 3.13. The first-order valence-corrected chi connectivity index (χ1v) is 12.6. The molecule has 0 spiro atoms. The maximum atomic E-state index is 13.7. The number of hydrogen-bond acceptors (Lipinski definition) is 8. The van der Waals surface area contributed by atoms with Crippen molar-refractivity contribution in [1.29, 1.82) is 5.41 Å². The van der Waals surface area contributed by atoms with E-state index in [1.54, 1.807) is 34.0 Å². The van der Waals surface area contributed by atoms with Crippen LogP contribution in [0.4, 0.5) is 15.0 Å². The Morgan fingerprint density at radius 1 is 1.32 bits per heavy atom. The number of nitrogens with two attached hydrogens (primary N) is 1. The van der Waals surface area contributed by atoms with Crippen molar-refractivity contribution in [3.8, 4) is 0 Å². The van der Waals surface area contributed by atoms with Crippen LogP contribution in [-0.2, 0) is 4.74 Å². The van der Waals surface area contributed by atoms with Crippen molar-refractivity contribution >= 4 is 52.2 Å². The Morgan fingerprint density at radius 2 is 1.90 bits per heavy atom.